The quantitative estimate of drug-likeness (QED) is 0.852. The van der Waals surface area contributed by atoms with Crippen molar-refractivity contribution in [2.24, 2.45) is 5.73 Å². The minimum Gasteiger partial charge on any atom is -0.330 e. The summed E-state index contributed by atoms with van der Waals surface area (Å²) in [4.78, 5) is 4.28. The van der Waals surface area contributed by atoms with Crippen LogP contribution in [0.2, 0.25) is 5.02 Å². The Bertz CT molecular complexity index is 507. The maximum atomic E-state index is 13.2. The van der Waals surface area contributed by atoms with E-state index in [4.69, 9.17) is 17.3 Å². The third kappa shape index (κ3) is 1.70. The van der Waals surface area contributed by atoms with Crippen molar-refractivity contribution in [1.29, 1.82) is 0 Å². The smallest absolute Gasteiger partial charge is 0.156 e. The van der Waals surface area contributed by atoms with Crippen molar-refractivity contribution in [3.8, 4) is 0 Å². The predicted octanol–water partition coefficient (Wildman–Crippen LogP) is 1.94. The van der Waals surface area contributed by atoms with E-state index in [1.54, 1.807) is 4.40 Å². The molecule has 80 valence electrons. The van der Waals surface area contributed by atoms with Crippen LogP contribution in [-0.2, 0) is 6.42 Å². The number of hydrogen-bond acceptors (Lipinski definition) is 2. The number of rotatable bonds is 2. The lowest BCUT2D eigenvalue weighted by Gasteiger charge is -2.01. The van der Waals surface area contributed by atoms with Gasteiger partial charge in [-0.2, -0.15) is 0 Å². The average Bonchev–Trinajstić information content (AvgIpc) is 2.46. The Balaban J connectivity index is 2.74. The van der Waals surface area contributed by atoms with Gasteiger partial charge in [-0.15, -0.1) is 0 Å². The van der Waals surface area contributed by atoms with Gasteiger partial charge in [-0.25, -0.2) is 9.37 Å². The SMILES string of the molecule is Cc1nc2c(Cl)cc(F)cn2c1CCN. The third-order valence-corrected chi connectivity index (χ3v) is 2.60. The van der Waals surface area contributed by atoms with Crippen molar-refractivity contribution in [3.05, 3.63) is 34.5 Å². The van der Waals surface area contributed by atoms with E-state index >= 15 is 0 Å². The molecule has 5 heteroatoms. The van der Waals surface area contributed by atoms with E-state index in [2.05, 4.69) is 4.98 Å². The zero-order chi connectivity index (χ0) is 11.0. The molecular formula is C10H11ClFN3. The Morgan fingerprint density at radius 2 is 2.33 bits per heavy atom. The van der Waals surface area contributed by atoms with E-state index < -0.39 is 0 Å². The molecule has 0 saturated heterocycles. The van der Waals surface area contributed by atoms with Gasteiger partial charge in [-0.3, -0.25) is 4.40 Å². The molecule has 2 heterocycles. The molecule has 0 bridgehead atoms. The Morgan fingerprint density at radius 1 is 1.60 bits per heavy atom. The number of pyridine rings is 1. The molecule has 0 aliphatic rings. The molecule has 2 aromatic heterocycles. The topological polar surface area (TPSA) is 43.3 Å². The van der Waals surface area contributed by atoms with Crippen LogP contribution in [0.25, 0.3) is 5.65 Å². The van der Waals surface area contributed by atoms with E-state index in [0.717, 1.165) is 11.4 Å². The van der Waals surface area contributed by atoms with Crippen LogP contribution in [0, 0.1) is 12.7 Å². The molecule has 2 aromatic rings. The van der Waals surface area contributed by atoms with Gasteiger partial charge in [0, 0.05) is 18.3 Å². The lowest BCUT2D eigenvalue weighted by molar-refractivity contribution is 0.617. The van der Waals surface area contributed by atoms with E-state index in [0.29, 0.717) is 23.6 Å². The number of aromatic nitrogens is 2. The molecule has 0 fully saturated rings. The van der Waals surface area contributed by atoms with Crippen molar-refractivity contribution < 1.29 is 4.39 Å². The Labute approximate surface area is 91.7 Å². The number of halogens is 2. The molecule has 0 amide bonds. The van der Waals surface area contributed by atoms with Gasteiger partial charge in [0.15, 0.2) is 5.65 Å². The predicted molar refractivity (Wildman–Crippen MR) is 57.7 cm³/mol. The van der Waals surface area contributed by atoms with Crippen LogP contribution in [0.15, 0.2) is 12.3 Å². The average molecular weight is 228 g/mol. The van der Waals surface area contributed by atoms with Crippen LogP contribution in [0.4, 0.5) is 4.39 Å². The van der Waals surface area contributed by atoms with E-state index in [1.807, 2.05) is 6.92 Å². The van der Waals surface area contributed by atoms with Gasteiger partial charge >= 0.3 is 0 Å². The number of nitrogens with two attached hydrogens (primary N) is 1. The summed E-state index contributed by atoms with van der Waals surface area (Å²) in [6, 6.07) is 1.26. The summed E-state index contributed by atoms with van der Waals surface area (Å²) >= 11 is 5.89. The van der Waals surface area contributed by atoms with E-state index in [9.17, 15) is 4.39 Å². The summed E-state index contributed by atoms with van der Waals surface area (Å²) in [7, 11) is 0. The molecule has 2 N–H and O–H groups in total. The Kier molecular flexibility index (Phi) is 2.63. The largest absolute Gasteiger partial charge is 0.330 e. The molecule has 0 aliphatic heterocycles. The molecule has 0 radical (unpaired) electrons. The molecule has 0 atom stereocenters. The highest BCUT2D eigenvalue weighted by Gasteiger charge is 2.11. The Hall–Kier alpha value is -1.13. The van der Waals surface area contributed by atoms with Crippen molar-refractivity contribution in [1.82, 2.24) is 9.38 Å². The summed E-state index contributed by atoms with van der Waals surface area (Å²) in [5, 5.41) is 0.321. The van der Waals surface area contributed by atoms with Crippen LogP contribution in [0.5, 0.6) is 0 Å². The van der Waals surface area contributed by atoms with E-state index in [1.165, 1.54) is 12.3 Å². The second-order valence-corrected chi connectivity index (χ2v) is 3.79. The first-order chi connectivity index (χ1) is 7.13. The summed E-state index contributed by atoms with van der Waals surface area (Å²) < 4.78 is 14.8. The first-order valence-electron chi connectivity index (χ1n) is 4.66. The molecule has 3 nitrogen and oxygen atoms in total. The van der Waals surface area contributed by atoms with Crippen LogP contribution in [0.1, 0.15) is 11.4 Å². The summed E-state index contributed by atoms with van der Waals surface area (Å²) in [6.07, 6.45) is 2.04. The summed E-state index contributed by atoms with van der Waals surface area (Å²) in [5.74, 6) is -0.372. The second kappa shape index (κ2) is 3.79. The van der Waals surface area contributed by atoms with Gasteiger partial charge in [-0.05, 0) is 19.5 Å². The molecule has 0 spiro atoms. The molecule has 2 rings (SSSR count). The fourth-order valence-electron chi connectivity index (χ4n) is 1.67. The van der Waals surface area contributed by atoms with Crippen LogP contribution >= 0.6 is 11.6 Å². The minimum absolute atomic E-state index is 0.321. The monoisotopic (exact) mass is 227 g/mol. The normalized spacial score (nSPS) is 11.2. The molecule has 0 aromatic carbocycles. The van der Waals surface area contributed by atoms with Crippen molar-refractivity contribution in [3.63, 3.8) is 0 Å². The van der Waals surface area contributed by atoms with E-state index in [-0.39, 0.29) is 5.82 Å². The van der Waals surface area contributed by atoms with Crippen molar-refractivity contribution >= 4 is 17.2 Å². The fraction of sp³-hybridized carbons (Fsp3) is 0.300. The molecule has 0 aliphatic carbocycles. The first-order valence-corrected chi connectivity index (χ1v) is 5.04. The highest BCUT2D eigenvalue weighted by atomic mass is 35.5. The van der Waals surface area contributed by atoms with Crippen molar-refractivity contribution in [2.75, 3.05) is 6.54 Å². The van der Waals surface area contributed by atoms with Gasteiger partial charge in [-0.1, -0.05) is 11.6 Å². The number of imidazole rings is 1. The van der Waals surface area contributed by atoms with Crippen LogP contribution in [0.3, 0.4) is 0 Å². The van der Waals surface area contributed by atoms with Crippen LogP contribution in [-0.4, -0.2) is 15.9 Å². The zero-order valence-electron chi connectivity index (χ0n) is 8.30. The van der Waals surface area contributed by atoms with Crippen molar-refractivity contribution in [2.45, 2.75) is 13.3 Å². The summed E-state index contributed by atoms with van der Waals surface area (Å²) in [5.41, 5.74) is 7.82. The van der Waals surface area contributed by atoms with Gasteiger partial charge in [0.05, 0.1) is 10.7 Å². The molecule has 0 unspecified atom stereocenters. The number of fused-ring (bicyclic) bond motifs is 1. The fourth-order valence-corrected chi connectivity index (χ4v) is 1.91. The first kappa shape index (κ1) is 10.4. The summed E-state index contributed by atoms with van der Waals surface area (Å²) in [6.45, 7) is 2.37. The molecular weight excluding hydrogens is 217 g/mol. The number of aryl methyl sites for hydroxylation is 1. The highest BCUT2D eigenvalue weighted by molar-refractivity contribution is 6.33. The number of hydrogen-bond donors (Lipinski definition) is 1. The lowest BCUT2D eigenvalue weighted by atomic mass is 10.2. The van der Waals surface area contributed by atoms with Gasteiger partial charge < -0.3 is 5.73 Å². The second-order valence-electron chi connectivity index (χ2n) is 3.38. The Morgan fingerprint density at radius 3 is 3.00 bits per heavy atom. The standard InChI is InChI=1S/C10H11ClFN3/c1-6-9(2-3-13)15-5-7(12)4-8(11)10(15)14-6/h4-5H,2-3,13H2,1H3. The minimum atomic E-state index is -0.372. The zero-order valence-corrected chi connectivity index (χ0v) is 9.05. The lowest BCUT2D eigenvalue weighted by Crippen LogP contribution is -2.06. The van der Waals surface area contributed by atoms with Gasteiger partial charge in [0.1, 0.15) is 5.82 Å². The third-order valence-electron chi connectivity index (χ3n) is 2.32. The highest BCUT2D eigenvalue weighted by Crippen LogP contribution is 2.21. The maximum absolute atomic E-state index is 13.2. The van der Waals surface area contributed by atoms with Crippen LogP contribution < -0.4 is 5.73 Å². The van der Waals surface area contributed by atoms with Gasteiger partial charge in [0.2, 0.25) is 0 Å². The molecule has 0 saturated carbocycles. The van der Waals surface area contributed by atoms with Gasteiger partial charge in [0.25, 0.3) is 0 Å². The molecule has 15 heavy (non-hydrogen) atoms. The maximum Gasteiger partial charge on any atom is 0.156 e. The number of nitrogens with zero attached hydrogens (tertiary/aromatic N) is 2.